The summed E-state index contributed by atoms with van der Waals surface area (Å²) < 4.78 is 0. The Morgan fingerprint density at radius 1 is 1.17 bits per heavy atom. The molecule has 2 N–H and O–H groups in total. The molecule has 0 radical (unpaired) electrons. The summed E-state index contributed by atoms with van der Waals surface area (Å²) in [5, 5.41) is 11.7. The summed E-state index contributed by atoms with van der Waals surface area (Å²) in [7, 11) is 0. The number of Topliss-reactive ketones (excluding diaryl/α,β-unsaturated/α-hetero) is 1. The number of aryl methyl sites for hydroxylation is 2. The molecule has 2 atom stereocenters. The molecule has 130 valence electrons. The molecule has 0 bridgehead atoms. The third-order valence-corrected chi connectivity index (χ3v) is 4.80. The van der Waals surface area contributed by atoms with Gasteiger partial charge in [-0.15, -0.1) is 0 Å². The van der Waals surface area contributed by atoms with E-state index in [9.17, 15) is 19.5 Å². The standard InChI is InChI=1S/C19H25NO4/c1-3-12(2)18(19(23)24)20-17(22)10-9-16(21)15-8-7-13-5-4-6-14(13)11-15/h7-8,11-12,18H,3-6,9-10H2,1-2H3,(H,20,22)(H,23,24). The number of hydrogen-bond donors (Lipinski definition) is 2. The first kappa shape index (κ1) is 18.2. The summed E-state index contributed by atoms with van der Waals surface area (Å²) in [6.45, 7) is 3.67. The van der Waals surface area contributed by atoms with E-state index in [1.807, 2.05) is 25.1 Å². The van der Waals surface area contributed by atoms with Gasteiger partial charge in [-0.3, -0.25) is 9.59 Å². The number of aliphatic carboxylic acids is 1. The fraction of sp³-hybridized carbons (Fsp3) is 0.526. The van der Waals surface area contributed by atoms with Gasteiger partial charge in [0, 0.05) is 18.4 Å². The molecule has 1 aliphatic rings. The van der Waals surface area contributed by atoms with Gasteiger partial charge in [0.05, 0.1) is 0 Å². The highest BCUT2D eigenvalue weighted by Gasteiger charge is 2.25. The van der Waals surface area contributed by atoms with Crippen LogP contribution in [0.3, 0.4) is 0 Å². The third-order valence-electron chi connectivity index (χ3n) is 4.80. The molecule has 1 amide bonds. The number of carboxylic acid groups (broad SMARTS) is 1. The minimum atomic E-state index is -1.04. The van der Waals surface area contributed by atoms with Crippen molar-refractivity contribution >= 4 is 17.7 Å². The molecule has 2 unspecified atom stereocenters. The number of fused-ring (bicyclic) bond motifs is 1. The number of benzene rings is 1. The van der Waals surface area contributed by atoms with E-state index in [1.165, 1.54) is 11.1 Å². The number of carbonyl (C=O) groups is 3. The van der Waals surface area contributed by atoms with E-state index in [4.69, 9.17) is 0 Å². The van der Waals surface area contributed by atoms with Crippen LogP contribution in [0.15, 0.2) is 18.2 Å². The molecule has 0 spiro atoms. The van der Waals surface area contributed by atoms with Gasteiger partial charge in [0.15, 0.2) is 5.78 Å². The van der Waals surface area contributed by atoms with Crippen molar-refractivity contribution in [3.05, 3.63) is 34.9 Å². The summed E-state index contributed by atoms with van der Waals surface area (Å²) >= 11 is 0. The van der Waals surface area contributed by atoms with Gasteiger partial charge in [-0.1, -0.05) is 32.4 Å². The minimum Gasteiger partial charge on any atom is -0.480 e. The molecule has 0 saturated carbocycles. The van der Waals surface area contributed by atoms with Crippen LogP contribution in [0, 0.1) is 5.92 Å². The molecule has 2 rings (SSSR count). The Kier molecular flexibility index (Phi) is 6.12. The maximum absolute atomic E-state index is 12.3. The van der Waals surface area contributed by atoms with Gasteiger partial charge in [0.2, 0.25) is 5.91 Å². The number of nitrogens with one attached hydrogen (secondary N) is 1. The fourth-order valence-electron chi connectivity index (χ4n) is 3.05. The van der Waals surface area contributed by atoms with Crippen LogP contribution < -0.4 is 5.32 Å². The topological polar surface area (TPSA) is 83.5 Å². The highest BCUT2D eigenvalue weighted by atomic mass is 16.4. The summed E-state index contributed by atoms with van der Waals surface area (Å²) in [5.41, 5.74) is 3.18. The van der Waals surface area contributed by atoms with Crippen molar-refractivity contribution in [2.45, 2.75) is 58.4 Å². The van der Waals surface area contributed by atoms with Gasteiger partial charge < -0.3 is 10.4 Å². The quantitative estimate of drug-likeness (QED) is 0.718. The first-order chi connectivity index (χ1) is 11.4. The average molecular weight is 331 g/mol. The normalized spacial score (nSPS) is 15.4. The van der Waals surface area contributed by atoms with Crippen molar-refractivity contribution in [2.75, 3.05) is 0 Å². The van der Waals surface area contributed by atoms with Crippen LogP contribution in [0.4, 0.5) is 0 Å². The Hall–Kier alpha value is -2.17. The molecule has 0 aromatic heterocycles. The Labute approximate surface area is 142 Å². The van der Waals surface area contributed by atoms with Crippen molar-refractivity contribution < 1.29 is 19.5 Å². The van der Waals surface area contributed by atoms with Crippen molar-refractivity contribution in [1.29, 1.82) is 0 Å². The number of amides is 1. The largest absolute Gasteiger partial charge is 0.480 e. The van der Waals surface area contributed by atoms with Gasteiger partial charge in [-0.25, -0.2) is 4.79 Å². The first-order valence-electron chi connectivity index (χ1n) is 8.59. The summed E-state index contributed by atoms with van der Waals surface area (Å²) in [6.07, 6.45) is 3.96. The Bertz CT molecular complexity index is 638. The van der Waals surface area contributed by atoms with Crippen LogP contribution in [0.5, 0.6) is 0 Å². The number of hydrogen-bond acceptors (Lipinski definition) is 3. The molecule has 0 aliphatic heterocycles. The van der Waals surface area contributed by atoms with Gasteiger partial charge in [0.25, 0.3) is 0 Å². The lowest BCUT2D eigenvalue weighted by molar-refractivity contribution is -0.143. The maximum atomic E-state index is 12.3. The number of carboxylic acids is 1. The van der Waals surface area contributed by atoms with Gasteiger partial charge in [0.1, 0.15) is 6.04 Å². The lowest BCUT2D eigenvalue weighted by Crippen LogP contribution is -2.45. The molecule has 1 aromatic rings. The Morgan fingerprint density at radius 2 is 1.88 bits per heavy atom. The highest BCUT2D eigenvalue weighted by Crippen LogP contribution is 2.23. The molecule has 5 nitrogen and oxygen atoms in total. The molecule has 1 aromatic carbocycles. The first-order valence-corrected chi connectivity index (χ1v) is 8.59. The molecule has 0 heterocycles. The van der Waals surface area contributed by atoms with Crippen LogP contribution in [-0.4, -0.2) is 28.8 Å². The predicted octanol–water partition coefficient (Wildman–Crippen LogP) is 2.75. The van der Waals surface area contributed by atoms with E-state index in [0.29, 0.717) is 12.0 Å². The van der Waals surface area contributed by atoms with Gasteiger partial charge >= 0.3 is 5.97 Å². The average Bonchev–Trinajstić information content (AvgIpc) is 3.04. The molecule has 24 heavy (non-hydrogen) atoms. The third kappa shape index (κ3) is 4.43. The maximum Gasteiger partial charge on any atom is 0.326 e. The smallest absolute Gasteiger partial charge is 0.326 e. The van der Waals surface area contributed by atoms with Crippen LogP contribution in [0.2, 0.25) is 0 Å². The monoisotopic (exact) mass is 331 g/mol. The van der Waals surface area contributed by atoms with Crippen LogP contribution in [-0.2, 0) is 22.4 Å². The lowest BCUT2D eigenvalue weighted by Gasteiger charge is -2.20. The number of rotatable bonds is 8. The van der Waals surface area contributed by atoms with E-state index in [2.05, 4.69) is 5.32 Å². The number of ketones is 1. The zero-order chi connectivity index (χ0) is 17.7. The molecule has 1 aliphatic carbocycles. The highest BCUT2D eigenvalue weighted by molar-refractivity contribution is 5.98. The molecule has 5 heteroatoms. The van der Waals surface area contributed by atoms with Crippen molar-refractivity contribution in [1.82, 2.24) is 5.32 Å². The van der Waals surface area contributed by atoms with Crippen LogP contribution in [0.1, 0.15) is 61.0 Å². The van der Waals surface area contributed by atoms with Crippen molar-refractivity contribution in [3.8, 4) is 0 Å². The summed E-state index contributed by atoms with van der Waals surface area (Å²) in [6, 6.07) is 4.85. The second kappa shape index (κ2) is 8.08. The van der Waals surface area contributed by atoms with Crippen molar-refractivity contribution in [2.24, 2.45) is 5.92 Å². The van der Waals surface area contributed by atoms with E-state index < -0.39 is 17.9 Å². The predicted molar refractivity (Wildman–Crippen MR) is 91.1 cm³/mol. The van der Waals surface area contributed by atoms with E-state index in [0.717, 1.165) is 19.3 Å². The molecule has 0 fully saturated rings. The molecular formula is C19H25NO4. The van der Waals surface area contributed by atoms with Crippen molar-refractivity contribution in [3.63, 3.8) is 0 Å². The summed E-state index contributed by atoms with van der Waals surface area (Å²) in [4.78, 5) is 35.5. The zero-order valence-electron chi connectivity index (χ0n) is 14.3. The second-order valence-electron chi connectivity index (χ2n) is 6.53. The second-order valence-corrected chi connectivity index (χ2v) is 6.53. The van der Waals surface area contributed by atoms with E-state index in [1.54, 1.807) is 6.92 Å². The lowest BCUT2D eigenvalue weighted by atomic mass is 9.98. The SMILES string of the molecule is CCC(C)C(NC(=O)CCC(=O)c1ccc2c(c1)CCC2)C(=O)O. The van der Waals surface area contributed by atoms with E-state index >= 15 is 0 Å². The minimum absolute atomic E-state index is 0.0101. The Morgan fingerprint density at radius 3 is 2.54 bits per heavy atom. The number of carbonyl (C=O) groups excluding carboxylic acids is 2. The van der Waals surface area contributed by atoms with Gasteiger partial charge in [-0.05, 0) is 42.4 Å². The van der Waals surface area contributed by atoms with Gasteiger partial charge in [-0.2, -0.15) is 0 Å². The molecule has 0 saturated heterocycles. The fourth-order valence-corrected chi connectivity index (χ4v) is 3.05. The molecular weight excluding hydrogens is 306 g/mol. The van der Waals surface area contributed by atoms with Crippen LogP contribution >= 0.6 is 0 Å². The van der Waals surface area contributed by atoms with Crippen LogP contribution in [0.25, 0.3) is 0 Å². The summed E-state index contributed by atoms with van der Waals surface area (Å²) in [5.74, 6) is -1.66. The Balaban J connectivity index is 1.89. The van der Waals surface area contributed by atoms with E-state index in [-0.39, 0.29) is 24.5 Å². The zero-order valence-corrected chi connectivity index (χ0v) is 14.3.